The van der Waals surface area contributed by atoms with E-state index in [2.05, 4.69) is 28.8 Å². The average Bonchev–Trinajstić information content (AvgIpc) is 2.47. The molecule has 0 fully saturated rings. The fourth-order valence-corrected chi connectivity index (χ4v) is 1.16. The largest absolute Gasteiger partial charge is 0.313 e. The van der Waals surface area contributed by atoms with Crippen LogP contribution in [-0.4, -0.2) is 19.5 Å². The van der Waals surface area contributed by atoms with Crippen molar-refractivity contribution in [1.29, 1.82) is 0 Å². The number of hydrogen-bond acceptors (Lipinski definition) is 3. The second-order valence-electron chi connectivity index (χ2n) is 2.98. The highest BCUT2D eigenvalue weighted by atomic mass is 35.5. The van der Waals surface area contributed by atoms with Gasteiger partial charge in [0, 0.05) is 6.04 Å². The predicted octanol–water partition coefficient (Wildman–Crippen LogP) is 2.67. The number of hydrogen-bond donors (Lipinski definition) is 0. The number of halogens is 3. The Morgan fingerprint density at radius 2 is 1.80 bits per heavy atom. The van der Waals surface area contributed by atoms with E-state index < -0.39 is 0 Å². The lowest BCUT2D eigenvalue weighted by Gasteiger charge is -2.05. The van der Waals surface area contributed by atoms with E-state index in [1.807, 2.05) is 4.57 Å². The molecule has 0 aromatic carbocycles. The first kappa shape index (κ1) is 16.8. The molecule has 0 spiro atoms. The topological polar surface area (TPSA) is 43.6 Å². The van der Waals surface area contributed by atoms with E-state index >= 15 is 0 Å². The molecule has 7 heteroatoms. The highest BCUT2D eigenvalue weighted by molar-refractivity contribution is 5.86. The van der Waals surface area contributed by atoms with Gasteiger partial charge in [-0.05, 0) is 13.8 Å². The van der Waals surface area contributed by atoms with Crippen molar-refractivity contribution < 1.29 is 0 Å². The van der Waals surface area contributed by atoms with Gasteiger partial charge in [0.15, 0.2) is 5.65 Å². The van der Waals surface area contributed by atoms with Gasteiger partial charge in [-0.2, -0.15) is 0 Å². The van der Waals surface area contributed by atoms with Gasteiger partial charge in [-0.1, -0.05) is 0 Å². The molecule has 2 aromatic rings. The molecule has 0 atom stereocenters. The van der Waals surface area contributed by atoms with Gasteiger partial charge >= 0.3 is 0 Å². The summed E-state index contributed by atoms with van der Waals surface area (Å²) in [5.74, 6) is 0. The molecule has 2 aromatic heterocycles. The Morgan fingerprint density at radius 1 is 1.13 bits per heavy atom. The van der Waals surface area contributed by atoms with Crippen molar-refractivity contribution in [3.05, 3.63) is 18.9 Å². The summed E-state index contributed by atoms with van der Waals surface area (Å²) < 4.78 is 2.02. The second-order valence-corrected chi connectivity index (χ2v) is 2.98. The zero-order valence-electron chi connectivity index (χ0n) is 8.32. The van der Waals surface area contributed by atoms with Crippen LogP contribution in [0.5, 0.6) is 0 Å². The number of fused-ring (bicyclic) bond motifs is 1. The molecule has 2 heterocycles. The van der Waals surface area contributed by atoms with Crippen molar-refractivity contribution >= 4 is 48.4 Å². The van der Waals surface area contributed by atoms with Crippen molar-refractivity contribution in [3.63, 3.8) is 0 Å². The summed E-state index contributed by atoms with van der Waals surface area (Å²) in [4.78, 5) is 12.2. The summed E-state index contributed by atoms with van der Waals surface area (Å²) in [6, 6.07) is 0.393. The van der Waals surface area contributed by atoms with Crippen LogP contribution in [0.1, 0.15) is 19.9 Å². The summed E-state index contributed by atoms with van der Waals surface area (Å²) in [5, 5.41) is 0. The third kappa shape index (κ3) is 3.19. The number of nitrogens with zero attached hydrogens (tertiary/aromatic N) is 4. The molecule has 0 amide bonds. The Labute approximate surface area is 107 Å². The third-order valence-corrected chi connectivity index (χ3v) is 1.79. The van der Waals surface area contributed by atoms with Crippen molar-refractivity contribution in [2.24, 2.45) is 0 Å². The maximum atomic E-state index is 4.18. The molecule has 0 N–H and O–H groups in total. The van der Waals surface area contributed by atoms with Crippen LogP contribution in [0.15, 0.2) is 18.9 Å². The van der Waals surface area contributed by atoms with Crippen LogP contribution in [0.4, 0.5) is 0 Å². The van der Waals surface area contributed by atoms with Crippen LogP contribution in [0.25, 0.3) is 11.2 Å². The van der Waals surface area contributed by atoms with E-state index in [-0.39, 0.29) is 37.2 Å². The van der Waals surface area contributed by atoms with Gasteiger partial charge in [-0.3, -0.25) is 0 Å². The molecule has 0 aliphatic heterocycles. The number of imidazole rings is 1. The van der Waals surface area contributed by atoms with Gasteiger partial charge in [-0.15, -0.1) is 37.2 Å². The normalized spacial score (nSPS) is 9.00. The monoisotopic (exact) mass is 270 g/mol. The van der Waals surface area contributed by atoms with E-state index in [4.69, 9.17) is 0 Å². The van der Waals surface area contributed by atoms with Crippen molar-refractivity contribution in [1.82, 2.24) is 19.5 Å². The van der Waals surface area contributed by atoms with E-state index in [1.54, 1.807) is 18.9 Å². The van der Waals surface area contributed by atoms with E-state index in [1.165, 1.54) is 0 Å². The first-order valence-electron chi connectivity index (χ1n) is 3.91. The molecule has 15 heavy (non-hydrogen) atoms. The molecule has 0 aliphatic carbocycles. The van der Waals surface area contributed by atoms with Crippen LogP contribution in [0, 0.1) is 0 Å². The maximum Gasteiger partial charge on any atom is 0.163 e. The minimum atomic E-state index is 0. The lowest BCUT2D eigenvalue weighted by molar-refractivity contribution is 0.612. The van der Waals surface area contributed by atoms with Crippen LogP contribution in [0.2, 0.25) is 0 Å². The van der Waals surface area contributed by atoms with Gasteiger partial charge in [0.05, 0.1) is 12.5 Å². The molecular weight excluding hydrogens is 258 g/mol. The molecule has 86 valence electrons. The fraction of sp³-hybridized carbons (Fsp3) is 0.375. The molecule has 0 radical (unpaired) electrons. The zero-order chi connectivity index (χ0) is 8.55. The molecule has 0 bridgehead atoms. The van der Waals surface area contributed by atoms with Crippen molar-refractivity contribution in [2.45, 2.75) is 19.9 Å². The smallest absolute Gasteiger partial charge is 0.163 e. The Hall–Kier alpha value is -0.580. The van der Waals surface area contributed by atoms with Gasteiger partial charge in [0.25, 0.3) is 0 Å². The van der Waals surface area contributed by atoms with Crippen molar-refractivity contribution in [3.8, 4) is 0 Å². The minimum absolute atomic E-state index is 0. The van der Waals surface area contributed by atoms with E-state index in [0.717, 1.165) is 11.2 Å². The number of aromatic nitrogens is 4. The minimum Gasteiger partial charge on any atom is -0.313 e. The van der Waals surface area contributed by atoms with Crippen LogP contribution in [0.3, 0.4) is 0 Å². The SMILES string of the molecule is CC(C)n1cnc2cncnc21.Cl.Cl.Cl. The third-order valence-electron chi connectivity index (χ3n) is 1.79. The Morgan fingerprint density at radius 3 is 2.40 bits per heavy atom. The second kappa shape index (κ2) is 6.82. The van der Waals surface area contributed by atoms with Gasteiger partial charge in [0.1, 0.15) is 11.8 Å². The van der Waals surface area contributed by atoms with Crippen molar-refractivity contribution in [2.75, 3.05) is 0 Å². The molecule has 4 nitrogen and oxygen atoms in total. The zero-order valence-corrected chi connectivity index (χ0v) is 10.8. The highest BCUT2D eigenvalue weighted by Crippen LogP contribution is 2.12. The average molecular weight is 272 g/mol. The molecule has 0 saturated heterocycles. The predicted molar refractivity (Wildman–Crippen MR) is 67.5 cm³/mol. The highest BCUT2D eigenvalue weighted by Gasteiger charge is 2.04. The quantitative estimate of drug-likeness (QED) is 0.801. The number of rotatable bonds is 1. The van der Waals surface area contributed by atoms with Crippen LogP contribution >= 0.6 is 37.2 Å². The van der Waals surface area contributed by atoms with Crippen LogP contribution < -0.4 is 0 Å². The molecule has 0 unspecified atom stereocenters. The Balaban J connectivity index is 0. The summed E-state index contributed by atoms with van der Waals surface area (Å²) in [5.41, 5.74) is 1.76. The first-order valence-corrected chi connectivity index (χ1v) is 3.91. The molecule has 0 aliphatic rings. The lowest BCUT2D eigenvalue weighted by atomic mass is 10.4. The standard InChI is InChI=1S/C8H10N4.3ClH/c1-6(2)12-5-11-7-3-9-4-10-8(7)12;;;/h3-6H,1-2H3;3*1H. The molecule has 2 rings (SSSR count). The summed E-state index contributed by atoms with van der Waals surface area (Å²) >= 11 is 0. The van der Waals surface area contributed by atoms with Gasteiger partial charge in [-0.25, -0.2) is 15.0 Å². The van der Waals surface area contributed by atoms with E-state index in [0.29, 0.717) is 6.04 Å². The summed E-state index contributed by atoms with van der Waals surface area (Å²) in [6.07, 6.45) is 5.06. The lowest BCUT2D eigenvalue weighted by Crippen LogP contribution is -1.99. The molecule has 0 saturated carbocycles. The van der Waals surface area contributed by atoms with E-state index in [9.17, 15) is 0 Å². The Kier molecular flexibility index (Phi) is 7.66. The maximum absolute atomic E-state index is 4.18. The van der Waals surface area contributed by atoms with Crippen LogP contribution in [-0.2, 0) is 0 Å². The Bertz CT molecular complexity index is 401. The summed E-state index contributed by atoms with van der Waals surface area (Å²) in [6.45, 7) is 4.20. The van der Waals surface area contributed by atoms with Gasteiger partial charge in [0.2, 0.25) is 0 Å². The molecular formula is C8H13Cl3N4. The summed E-state index contributed by atoms with van der Waals surface area (Å²) in [7, 11) is 0. The first-order chi connectivity index (χ1) is 5.79. The fourth-order valence-electron chi connectivity index (χ4n) is 1.16. The van der Waals surface area contributed by atoms with Gasteiger partial charge < -0.3 is 4.57 Å².